The smallest absolute Gasteiger partial charge is 0.224 e. The second kappa shape index (κ2) is 11.5. The van der Waals surface area contributed by atoms with Crippen molar-refractivity contribution in [2.24, 2.45) is 5.41 Å². The van der Waals surface area contributed by atoms with E-state index in [2.05, 4.69) is 40.2 Å². The van der Waals surface area contributed by atoms with Crippen LogP contribution >= 0.6 is 0 Å². The molecule has 0 bridgehead atoms. The van der Waals surface area contributed by atoms with E-state index < -0.39 is 15.8 Å². The average Bonchev–Trinajstić information content (AvgIpc) is 3.58. The van der Waals surface area contributed by atoms with Gasteiger partial charge in [0.1, 0.15) is 17.2 Å². The normalized spacial score (nSPS) is 12.2. The van der Waals surface area contributed by atoms with Crippen molar-refractivity contribution in [2.45, 2.75) is 33.7 Å². The van der Waals surface area contributed by atoms with Gasteiger partial charge in [-0.05, 0) is 64.6 Å². The second-order valence-corrected chi connectivity index (χ2v) is 14.0. The quantitative estimate of drug-likeness (QED) is 0.166. The Morgan fingerprint density at radius 3 is 2.58 bits per heavy atom. The highest BCUT2D eigenvalue weighted by Crippen LogP contribution is 2.35. The van der Waals surface area contributed by atoms with Gasteiger partial charge in [0.05, 0.1) is 41.2 Å². The molecule has 0 fully saturated rings. The number of nitrogens with one attached hydrogen (secondary N) is 4. The van der Waals surface area contributed by atoms with Crippen molar-refractivity contribution in [1.82, 2.24) is 34.9 Å². The lowest BCUT2D eigenvalue weighted by Gasteiger charge is -2.17. The van der Waals surface area contributed by atoms with Crippen LogP contribution < -0.4 is 10.0 Å². The first-order valence-electron chi connectivity index (χ1n) is 14.1. The fourth-order valence-corrected chi connectivity index (χ4v) is 5.57. The third kappa shape index (κ3) is 6.89. The Hall–Kier alpha value is -5.01. The third-order valence-corrected chi connectivity index (χ3v) is 7.72. The van der Waals surface area contributed by atoms with Gasteiger partial charge in [0.25, 0.3) is 0 Å². The standard InChI is InChI=1S/C32H31FN8O3S/c1-32(2,3)13-29(42)38-22-10-20(15-34-16-22)26-12-25-28(17-36-26)40-41-30(25)27-11-24-23(5-6-35-31(24)39-27)19-7-18(8-21(33)9-19)14-37-45(4,43)44/h5-12,15-17,37H,13-14H2,1-4H3,(H,35,39)(H,38,42)(H,40,41). The Bertz CT molecular complexity index is 2180. The largest absolute Gasteiger partial charge is 0.338 e. The molecule has 4 N–H and O–H groups in total. The molecule has 0 aliphatic heterocycles. The van der Waals surface area contributed by atoms with E-state index in [-0.39, 0.29) is 17.9 Å². The third-order valence-electron chi connectivity index (χ3n) is 7.05. The Morgan fingerprint density at radius 2 is 1.80 bits per heavy atom. The predicted molar refractivity (Wildman–Crippen MR) is 172 cm³/mol. The number of hydrogen-bond acceptors (Lipinski definition) is 7. The van der Waals surface area contributed by atoms with E-state index in [1.54, 1.807) is 36.9 Å². The molecule has 0 spiro atoms. The summed E-state index contributed by atoms with van der Waals surface area (Å²) in [7, 11) is -3.44. The molecule has 13 heteroatoms. The van der Waals surface area contributed by atoms with E-state index in [1.165, 1.54) is 12.1 Å². The number of sulfonamides is 1. The van der Waals surface area contributed by atoms with Crippen molar-refractivity contribution in [3.05, 3.63) is 78.6 Å². The van der Waals surface area contributed by atoms with E-state index in [1.807, 2.05) is 39.0 Å². The van der Waals surface area contributed by atoms with Crippen LogP contribution in [0.1, 0.15) is 32.8 Å². The minimum Gasteiger partial charge on any atom is -0.338 e. The first-order chi connectivity index (χ1) is 21.3. The van der Waals surface area contributed by atoms with Crippen molar-refractivity contribution in [2.75, 3.05) is 11.6 Å². The predicted octanol–water partition coefficient (Wildman–Crippen LogP) is 5.79. The molecule has 6 aromatic rings. The summed E-state index contributed by atoms with van der Waals surface area (Å²) in [6.45, 7) is 5.99. The van der Waals surface area contributed by atoms with Crippen LogP contribution in [0.2, 0.25) is 0 Å². The highest BCUT2D eigenvalue weighted by molar-refractivity contribution is 7.88. The lowest BCUT2D eigenvalue weighted by atomic mass is 9.92. The first kappa shape index (κ1) is 30.0. The maximum Gasteiger partial charge on any atom is 0.224 e. The fourth-order valence-electron chi connectivity index (χ4n) is 5.14. The number of halogens is 1. The van der Waals surface area contributed by atoms with Crippen LogP contribution in [0.3, 0.4) is 0 Å². The molecule has 0 unspecified atom stereocenters. The molecule has 230 valence electrons. The number of nitrogens with zero attached hydrogens (tertiary/aromatic N) is 4. The molecule has 0 radical (unpaired) electrons. The Kier molecular flexibility index (Phi) is 7.67. The molecule has 0 saturated heterocycles. The molecular weight excluding hydrogens is 595 g/mol. The maximum atomic E-state index is 14.6. The Balaban J connectivity index is 1.34. The number of carbonyl (C=O) groups is 1. The van der Waals surface area contributed by atoms with Gasteiger partial charge in [-0.2, -0.15) is 5.10 Å². The molecule has 0 saturated carbocycles. The molecule has 5 aromatic heterocycles. The molecular formula is C32H31FN8O3S. The van der Waals surface area contributed by atoms with Gasteiger partial charge < -0.3 is 10.3 Å². The number of pyridine rings is 3. The van der Waals surface area contributed by atoms with E-state index in [9.17, 15) is 17.6 Å². The number of aromatic amines is 2. The fraction of sp³-hybridized carbons (Fsp3) is 0.219. The van der Waals surface area contributed by atoms with E-state index in [4.69, 9.17) is 0 Å². The lowest BCUT2D eigenvalue weighted by Crippen LogP contribution is -2.21. The van der Waals surface area contributed by atoms with Gasteiger partial charge >= 0.3 is 0 Å². The van der Waals surface area contributed by atoms with Crippen molar-refractivity contribution < 1.29 is 17.6 Å². The number of fused-ring (bicyclic) bond motifs is 2. The molecule has 11 nitrogen and oxygen atoms in total. The minimum absolute atomic E-state index is 0.0342. The molecule has 1 aromatic carbocycles. The molecule has 45 heavy (non-hydrogen) atoms. The highest BCUT2D eigenvalue weighted by Gasteiger charge is 2.18. The molecule has 1 amide bonds. The zero-order valence-corrected chi connectivity index (χ0v) is 25.9. The van der Waals surface area contributed by atoms with Gasteiger partial charge in [-0.15, -0.1) is 0 Å². The van der Waals surface area contributed by atoms with Crippen LogP contribution in [-0.4, -0.2) is 50.7 Å². The molecule has 5 heterocycles. The summed E-state index contributed by atoms with van der Waals surface area (Å²) in [5.41, 5.74) is 6.23. The van der Waals surface area contributed by atoms with E-state index >= 15 is 0 Å². The Labute approximate surface area is 258 Å². The monoisotopic (exact) mass is 626 g/mol. The van der Waals surface area contributed by atoms with Crippen molar-refractivity contribution in [3.8, 4) is 33.8 Å². The van der Waals surface area contributed by atoms with Gasteiger partial charge in [-0.1, -0.05) is 20.8 Å². The first-order valence-corrected chi connectivity index (χ1v) is 16.0. The number of carbonyl (C=O) groups excluding carboxylic acids is 1. The molecule has 0 atom stereocenters. The zero-order valence-electron chi connectivity index (χ0n) is 25.1. The van der Waals surface area contributed by atoms with Crippen LogP contribution in [0.25, 0.3) is 55.7 Å². The van der Waals surface area contributed by atoms with Crippen LogP contribution in [0.5, 0.6) is 0 Å². The highest BCUT2D eigenvalue weighted by atomic mass is 32.2. The van der Waals surface area contributed by atoms with E-state index in [0.717, 1.165) is 33.7 Å². The summed E-state index contributed by atoms with van der Waals surface area (Å²) < 4.78 is 40.2. The SMILES string of the molecule is CC(C)(C)CC(=O)Nc1cncc(-c2cc3c(-c4cc5c(-c6cc(F)cc(CNS(C)(=O)=O)c6)ccnc5[nH]4)n[nH]c3cn2)c1. The zero-order chi connectivity index (χ0) is 31.9. The number of rotatable bonds is 8. The van der Waals surface area contributed by atoms with Gasteiger partial charge in [0.15, 0.2) is 0 Å². The summed E-state index contributed by atoms with van der Waals surface area (Å²) in [6, 6.07) is 11.9. The number of H-pyrrole nitrogens is 2. The second-order valence-electron chi connectivity index (χ2n) is 12.2. The topological polar surface area (TPSA) is 158 Å². The summed E-state index contributed by atoms with van der Waals surface area (Å²) in [5.74, 6) is -0.571. The van der Waals surface area contributed by atoms with Crippen LogP contribution in [0.15, 0.2) is 67.3 Å². The van der Waals surface area contributed by atoms with Crippen molar-refractivity contribution in [3.63, 3.8) is 0 Å². The maximum absolute atomic E-state index is 14.6. The summed E-state index contributed by atoms with van der Waals surface area (Å²) >= 11 is 0. The number of benzene rings is 1. The van der Waals surface area contributed by atoms with Gasteiger partial charge in [-0.25, -0.2) is 22.5 Å². The van der Waals surface area contributed by atoms with Crippen LogP contribution in [0, 0.1) is 11.2 Å². The minimum atomic E-state index is -3.44. The Morgan fingerprint density at radius 1 is 0.978 bits per heavy atom. The van der Waals surface area contributed by atoms with Crippen molar-refractivity contribution >= 4 is 43.6 Å². The van der Waals surface area contributed by atoms with Gasteiger partial charge in [0, 0.05) is 41.7 Å². The van der Waals surface area contributed by atoms with Gasteiger partial charge in [-0.3, -0.25) is 19.9 Å². The summed E-state index contributed by atoms with van der Waals surface area (Å²) in [6.07, 6.45) is 8.04. The number of anilines is 1. The molecule has 0 aliphatic rings. The number of aromatic nitrogens is 6. The number of hydrogen-bond donors (Lipinski definition) is 4. The number of amides is 1. The summed E-state index contributed by atoms with van der Waals surface area (Å²) in [5, 5.41) is 12.0. The van der Waals surface area contributed by atoms with E-state index in [0.29, 0.717) is 46.0 Å². The molecule has 0 aliphatic carbocycles. The van der Waals surface area contributed by atoms with Crippen LogP contribution in [0.4, 0.5) is 10.1 Å². The lowest BCUT2D eigenvalue weighted by molar-refractivity contribution is -0.117. The summed E-state index contributed by atoms with van der Waals surface area (Å²) in [4.78, 5) is 29.2. The van der Waals surface area contributed by atoms with Gasteiger partial charge in [0.2, 0.25) is 15.9 Å². The average molecular weight is 627 g/mol. The van der Waals surface area contributed by atoms with Crippen molar-refractivity contribution in [1.29, 1.82) is 0 Å². The molecule has 6 rings (SSSR count). The van der Waals surface area contributed by atoms with Crippen LogP contribution in [-0.2, 0) is 21.4 Å².